The minimum absolute atomic E-state index is 0.00884. The molecule has 0 aromatic rings. The number of nitrogens with zero attached hydrogens (tertiary/aromatic N) is 3. The van der Waals surface area contributed by atoms with Crippen LogP contribution in [-0.4, -0.2) is 65.3 Å². The van der Waals surface area contributed by atoms with Gasteiger partial charge in [-0.15, -0.1) is 0 Å². The van der Waals surface area contributed by atoms with Gasteiger partial charge in [-0.1, -0.05) is 5.16 Å². The molecule has 7 nitrogen and oxygen atoms in total. The highest BCUT2D eigenvalue weighted by atomic mass is 16.7. The molecular weight excluding hydrogens is 238 g/mol. The zero-order valence-electron chi connectivity index (χ0n) is 10.3. The summed E-state index contributed by atoms with van der Waals surface area (Å²) in [4.78, 5) is 24.1. The molecule has 0 aromatic heterocycles. The smallest absolute Gasteiger partial charge is 0.344 e. The minimum Gasteiger partial charge on any atom is -0.392 e. The van der Waals surface area contributed by atoms with E-state index in [9.17, 15) is 4.79 Å². The molecule has 2 amide bonds. The number of aliphatic hydroxyl groups excluding tert-OH is 1. The maximum Gasteiger partial charge on any atom is 0.344 e. The lowest BCUT2D eigenvalue weighted by atomic mass is 9.95. The zero-order chi connectivity index (χ0) is 12.7. The summed E-state index contributed by atoms with van der Waals surface area (Å²) in [6.45, 7) is 0.640. The van der Waals surface area contributed by atoms with E-state index < -0.39 is 0 Å². The van der Waals surface area contributed by atoms with Crippen molar-refractivity contribution in [3.63, 3.8) is 0 Å². The van der Waals surface area contributed by atoms with Crippen LogP contribution in [0.5, 0.6) is 0 Å². The van der Waals surface area contributed by atoms with Crippen LogP contribution in [0.1, 0.15) is 19.3 Å². The van der Waals surface area contributed by atoms with Gasteiger partial charge < -0.3 is 14.8 Å². The van der Waals surface area contributed by atoms with Gasteiger partial charge in [0.05, 0.1) is 31.5 Å². The molecule has 3 heterocycles. The molecule has 2 bridgehead atoms. The average molecular weight is 255 g/mol. The van der Waals surface area contributed by atoms with Crippen molar-refractivity contribution >= 4 is 11.7 Å². The first-order chi connectivity index (χ1) is 8.74. The first-order valence-electron chi connectivity index (χ1n) is 6.22. The van der Waals surface area contributed by atoms with Crippen molar-refractivity contribution in [2.75, 3.05) is 20.3 Å². The van der Waals surface area contributed by atoms with Gasteiger partial charge in [0, 0.05) is 13.0 Å². The second-order valence-corrected chi connectivity index (χ2v) is 4.89. The molecule has 100 valence electrons. The number of oxime groups is 1. The quantitative estimate of drug-likeness (QED) is 0.767. The number of aliphatic hydroxyl groups is 1. The van der Waals surface area contributed by atoms with E-state index in [1.54, 1.807) is 4.90 Å². The Morgan fingerprint density at radius 3 is 3.06 bits per heavy atom. The zero-order valence-corrected chi connectivity index (χ0v) is 10.3. The molecule has 0 spiro atoms. The number of hydrogen-bond donors (Lipinski definition) is 1. The van der Waals surface area contributed by atoms with Gasteiger partial charge in [-0.05, 0) is 12.8 Å². The van der Waals surface area contributed by atoms with Crippen molar-refractivity contribution in [1.29, 1.82) is 0 Å². The van der Waals surface area contributed by atoms with E-state index in [4.69, 9.17) is 14.8 Å². The number of carbonyl (C=O) groups excluding carboxylic acids is 1. The van der Waals surface area contributed by atoms with Crippen molar-refractivity contribution in [3.8, 4) is 0 Å². The molecule has 2 saturated heterocycles. The fourth-order valence-corrected chi connectivity index (χ4v) is 2.96. The van der Waals surface area contributed by atoms with E-state index in [-0.39, 0.29) is 30.8 Å². The average Bonchev–Trinajstić information content (AvgIpc) is 2.96. The predicted octanol–water partition coefficient (Wildman–Crippen LogP) is -0.0464. The normalized spacial score (nSPS) is 34.9. The van der Waals surface area contributed by atoms with Crippen molar-refractivity contribution in [2.24, 2.45) is 5.16 Å². The number of fused-ring (bicyclic) bond motifs is 2. The molecular formula is C11H17N3O4. The van der Waals surface area contributed by atoms with Crippen LogP contribution in [0, 0.1) is 0 Å². The Labute approximate surface area is 105 Å². The molecule has 3 rings (SSSR count). The van der Waals surface area contributed by atoms with Crippen LogP contribution in [0.15, 0.2) is 5.16 Å². The summed E-state index contributed by atoms with van der Waals surface area (Å²) < 4.78 is 0. The molecule has 3 aliphatic heterocycles. The maximum absolute atomic E-state index is 12.1. The van der Waals surface area contributed by atoms with Gasteiger partial charge in [0.2, 0.25) is 0 Å². The highest BCUT2D eigenvalue weighted by Gasteiger charge is 2.47. The summed E-state index contributed by atoms with van der Waals surface area (Å²) in [6.07, 6.45) is 2.12. The number of hydroxylamine groups is 2. The molecule has 0 radical (unpaired) electrons. The predicted molar refractivity (Wildman–Crippen MR) is 61.8 cm³/mol. The third kappa shape index (κ3) is 1.65. The van der Waals surface area contributed by atoms with Gasteiger partial charge in [0.1, 0.15) is 0 Å². The fourth-order valence-electron chi connectivity index (χ4n) is 2.96. The van der Waals surface area contributed by atoms with Crippen molar-refractivity contribution in [2.45, 2.75) is 37.5 Å². The first-order valence-corrected chi connectivity index (χ1v) is 6.22. The lowest BCUT2D eigenvalue weighted by molar-refractivity contribution is -0.0997. The van der Waals surface area contributed by atoms with Gasteiger partial charge in [-0.2, -0.15) is 5.06 Å². The number of urea groups is 1. The second kappa shape index (κ2) is 4.40. The summed E-state index contributed by atoms with van der Waals surface area (Å²) in [5, 5.41) is 14.5. The summed E-state index contributed by atoms with van der Waals surface area (Å²) in [5.41, 5.74) is 0.860. The summed E-state index contributed by atoms with van der Waals surface area (Å²) in [7, 11) is 1.52. The Morgan fingerprint density at radius 2 is 2.39 bits per heavy atom. The molecule has 2 fully saturated rings. The van der Waals surface area contributed by atoms with Gasteiger partial charge in [-0.25, -0.2) is 4.79 Å². The van der Waals surface area contributed by atoms with Crippen LogP contribution in [0.3, 0.4) is 0 Å². The Morgan fingerprint density at radius 1 is 1.56 bits per heavy atom. The standard InChI is InChI=1S/C11H17N3O4/c1-17-14-7-2-3-10(13(5-7)11(14)16)9-4-8(6-15)18-12-9/h7-8,10,15H,2-6H2,1H3/t7?,8-,10+/m1/s1. The van der Waals surface area contributed by atoms with Crippen LogP contribution < -0.4 is 0 Å². The summed E-state index contributed by atoms with van der Waals surface area (Å²) in [5.74, 6) is 0. The molecule has 1 N–H and O–H groups in total. The van der Waals surface area contributed by atoms with Crippen LogP contribution in [0.4, 0.5) is 4.79 Å². The molecule has 0 aliphatic carbocycles. The highest BCUT2D eigenvalue weighted by molar-refractivity contribution is 5.94. The van der Waals surface area contributed by atoms with Crippen molar-refractivity contribution < 1.29 is 19.6 Å². The monoisotopic (exact) mass is 255 g/mol. The van der Waals surface area contributed by atoms with Crippen molar-refractivity contribution in [3.05, 3.63) is 0 Å². The largest absolute Gasteiger partial charge is 0.392 e. The number of piperidine rings is 1. The summed E-state index contributed by atoms with van der Waals surface area (Å²) >= 11 is 0. The Hall–Kier alpha value is -1.34. The lowest BCUT2D eigenvalue weighted by Gasteiger charge is -2.29. The van der Waals surface area contributed by atoms with Crippen LogP contribution in [0.2, 0.25) is 0 Å². The molecule has 7 heteroatoms. The van der Waals surface area contributed by atoms with Crippen LogP contribution in [0.25, 0.3) is 0 Å². The van der Waals surface area contributed by atoms with E-state index in [2.05, 4.69) is 5.16 Å². The molecule has 0 saturated carbocycles. The first kappa shape index (κ1) is 11.7. The number of rotatable bonds is 3. The maximum atomic E-state index is 12.1. The van der Waals surface area contributed by atoms with Gasteiger partial charge in [0.15, 0.2) is 6.10 Å². The molecule has 18 heavy (non-hydrogen) atoms. The second-order valence-electron chi connectivity index (χ2n) is 4.89. The topological polar surface area (TPSA) is 74.6 Å². The summed E-state index contributed by atoms with van der Waals surface area (Å²) in [6, 6.07) is 0.0425. The SMILES string of the molecule is CON1C(=O)N2CC1CC[C@H]2C1=NO[C@@H](CO)C1. The molecule has 1 unspecified atom stereocenters. The van der Waals surface area contributed by atoms with Gasteiger partial charge >= 0.3 is 6.03 Å². The molecule has 3 atom stereocenters. The van der Waals surface area contributed by atoms with Gasteiger partial charge in [0.25, 0.3) is 0 Å². The Balaban J connectivity index is 1.74. The number of hydrogen-bond acceptors (Lipinski definition) is 5. The van der Waals surface area contributed by atoms with Crippen LogP contribution in [-0.2, 0) is 9.68 Å². The third-order valence-corrected chi connectivity index (χ3v) is 3.86. The van der Waals surface area contributed by atoms with E-state index >= 15 is 0 Å². The Bertz CT molecular complexity index is 386. The van der Waals surface area contributed by atoms with Crippen LogP contribution >= 0.6 is 0 Å². The third-order valence-electron chi connectivity index (χ3n) is 3.86. The number of carbonyl (C=O) groups is 1. The molecule has 0 aromatic carbocycles. The molecule has 3 aliphatic rings. The van der Waals surface area contributed by atoms with E-state index in [0.29, 0.717) is 13.0 Å². The fraction of sp³-hybridized carbons (Fsp3) is 0.818. The number of amides is 2. The van der Waals surface area contributed by atoms with Crippen molar-refractivity contribution in [1.82, 2.24) is 9.96 Å². The Kier molecular flexibility index (Phi) is 2.87. The van der Waals surface area contributed by atoms with E-state index in [1.165, 1.54) is 12.2 Å². The van der Waals surface area contributed by atoms with E-state index in [1.807, 2.05) is 0 Å². The highest BCUT2D eigenvalue weighted by Crippen LogP contribution is 2.32. The van der Waals surface area contributed by atoms with Gasteiger partial charge in [-0.3, -0.25) is 4.84 Å². The van der Waals surface area contributed by atoms with E-state index in [0.717, 1.165) is 18.6 Å². The minimum atomic E-state index is -0.256. The lowest BCUT2D eigenvalue weighted by Crippen LogP contribution is -2.45.